The Morgan fingerprint density at radius 3 is 1.35 bits per heavy atom. The fraction of sp³-hybridized carbons (Fsp3) is 0.870. The summed E-state index contributed by atoms with van der Waals surface area (Å²) in [5.74, 6) is -0.190. The lowest BCUT2D eigenvalue weighted by molar-refractivity contribution is -0.870. The minimum absolute atomic E-state index is 0.0587. The van der Waals surface area contributed by atoms with Gasteiger partial charge in [0.15, 0.2) is 0 Å². The summed E-state index contributed by atoms with van der Waals surface area (Å²) in [6, 6.07) is -0.853. The fourth-order valence-corrected chi connectivity index (χ4v) is 8.56. The number of phosphoric ester groups is 1. The lowest BCUT2D eigenvalue weighted by Gasteiger charge is -2.25. The number of aliphatic hydroxyl groups excluding tert-OH is 1. The molecule has 63 heavy (non-hydrogen) atoms. The molecule has 0 bridgehead atoms. The smallest absolute Gasteiger partial charge is 0.387 e. The highest BCUT2D eigenvalue weighted by atomic mass is 31.2. The summed E-state index contributed by atoms with van der Waals surface area (Å²) in [7, 11) is 1.57. The molecular weight excluding hydrogens is 804 g/mol. The molecule has 0 aliphatic carbocycles. The fourth-order valence-electron chi connectivity index (χ4n) is 7.82. The molecule has 0 radical (unpaired) electrons. The molecule has 0 aliphatic rings. The van der Waals surface area contributed by atoms with Crippen molar-refractivity contribution in [3.05, 3.63) is 36.5 Å². The lowest BCUT2D eigenvalue weighted by Crippen LogP contribution is -2.45. The van der Waals surface area contributed by atoms with E-state index in [1.54, 1.807) is 6.08 Å². The summed E-state index contributed by atoms with van der Waals surface area (Å²) in [6.45, 7) is 4.78. The maximum atomic E-state index is 12.9. The van der Waals surface area contributed by atoms with E-state index in [4.69, 9.17) is 9.05 Å². The van der Waals surface area contributed by atoms with Crippen LogP contribution in [-0.2, 0) is 18.4 Å². The van der Waals surface area contributed by atoms with E-state index in [9.17, 15) is 19.4 Å². The van der Waals surface area contributed by atoms with E-state index in [2.05, 4.69) is 43.5 Å². The van der Waals surface area contributed by atoms with Crippen molar-refractivity contribution in [3.63, 3.8) is 0 Å². The van der Waals surface area contributed by atoms with E-state index >= 15 is 0 Å². The van der Waals surface area contributed by atoms with E-state index in [-0.39, 0.29) is 19.1 Å². The van der Waals surface area contributed by atoms with Crippen molar-refractivity contribution >= 4 is 13.7 Å². The Morgan fingerprint density at radius 1 is 0.540 bits per heavy atom. The second-order valence-corrected chi connectivity index (χ2v) is 21.1. The third-order valence-corrected chi connectivity index (χ3v) is 13.1. The molecule has 8 nitrogen and oxygen atoms in total. The average Bonchev–Trinajstić information content (AvgIpc) is 3.24. The number of allylic oxidation sites excluding steroid dienone is 5. The van der Waals surface area contributed by atoms with Crippen LogP contribution >= 0.6 is 7.82 Å². The van der Waals surface area contributed by atoms with Crippen molar-refractivity contribution in [1.29, 1.82) is 0 Å². The molecular formula is C54H106N2O6P+. The third-order valence-electron chi connectivity index (χ3n) is 12.1. The molecule has 3 unspecified atom stereocenters. The number of aliphatic hydroxyl groups is 1. The molecule has 0 aromatic rings. The first-order valence-electron chi connectivity index (χ1n) is 26.9. The Hall–Kier alpha value is -1.28. The minimum atomic E-state index is -4.35. The van der Waals surface area contributed by atoms with Gasteiger partial charge in [-0.1, -0.05) is 237 Å². The van der Waals surface area contributed by atoms with Gasteiger partial charge in [-0.15, -0.1) is 0 Å². The largest absolute Gasteiger partial charge is 0.472 e. The summed E-state index contributed by atoms with van der Waals surface area (Å²) in [5.41, 5.74) is 0. The van der Waals surface area contributed by atoms with Crippen LogP contribution < -0.4 is 5.32 Å². The van der Waals surface area contributed by atoms with Gasteiger partial charge in [-0.05, 0) is 44.9 Å². The molecule has 0 aliphatic heterocycles. The van der Waals surface area contributed by atoms with Gasteiger partial charge in [-0.25, -0.2) is 4.57 Å². The molecule has 0 aromatic heterocycles. The van der Waals surface area contributed by atoms with E-state index in [1.165, 1.54) is 167 Å². The first-order valence-corrected chi connectivity index (χ1v) is 28.4. The van der Waals surface area contributed by atoms with Gasteiger partial charge >= 0.3 is 7.82 Å². The number of hydrogen-bond donors (Lipinski definition) is 3. The van der Waals surface area contributed by atoms with Gasteiger partial charge in [0, 0.05) is 6.42 Å². The van der Waals surface area contributed by atoms with Crippen LogP contribution in [0.25, 0.3) is 0 Å². The van der Waals surface area contributed by atoms with Crippen molar-refractivity contribution in [3.8, 4) is 0 Å². The SMILES string of the molecule is CCCC/C=C\C/C=C\CCCCCCCC(=O)NC(COP(=O)(O)OCC[N+](C)(C)C)C(O)/C=C/CCCCCCCCCCCCCCCCCCCCCCCCCCC. The van der Waals surface area contributed by atoms with E-state index in [0.29, 0.717) is 17.4 Å². The highest BCUT2D eigenvalue weighted by Crippen LogP contribution is 2.43. The number of rotatable bonds is 49. The van der Waals surface area contributed by atoms with Gasteiger partial charge < -0.3 is 19.8 Å². The summed E-state index contributed by atoms with van der Waals surface area (Å²) < 4.78 is 23.6. The molecule has 0 heterocycles. The number of nitrogens with one attached hydrogen (secondary N) is 1. The molecule has 0 rings (SSSR count). The van der Waals surface area contributed by atoms with Crippen LogP contribution in [0.3, 0.4) is 0 Å². The average molecular weight is 910 g/mol. The number of carbonyl (C=O) groups excluding carboxylic acids is 1. The zero-order valence-electron chi connectivity index (χ0n) is 42.3. The normalized spacial score (nSPS) is 14.3. The van der Waals surface area contributed by atoms with Gasteiger partial charge in [0.1, 0.15) is 13.2 Å². The summed E-state index contributed by atoms with van der Waals surface area (Å²) in [4.78, 5) is 23.2. The molecule has 0 aromatic carbocycles. The Balaban J connectivity index is 4.19. The molecule has 1 amide bonds. The Bertz CT molecular complexity index is 1120. The summed E-state index contributed by atoms with van der Waals surface area (Å²) in [5, 5.41) is 13.9. The zero-order chi connectivity index (χ0) is 46.4. The van der Waals surface area contributed by atoms with E-state index < -0.39 is 20.0 Å². The topological polar surface area (TPSA) is 105 Å². The zero-order valence-corrected chi connectivity index (χ0v) is 43.2. The van der Waals surface area contributed by atoms with E-state index in [1.807, 2.05) is 27.2 Å². The monoisotopic (exact) mass is 910 g/mol. The summed E-state index contributed by atoms with van der Waals surface area (Å²) >= 11 is 0. The highest BCUT2D eigenvalue weighted by molar-refractivity contribution is 7.47. The van der Waals surface area contributed by atoms with Crippen molar-refractivity contribution in [2.24, 2.45) is 0 Å². The molecule has 3 atom stereocenters. The Morgan fingerprint density at radius 2 is 0.921 bits per heavy atom. The van der Waals surface area contributed by atoms with Crippen LogP contribution in [0.2, 0.25) is 0 Å². The first kappa shape index (κ1) is 61.7. The molecule has 0 spiro atoms. The number of quaternary nitrogens is 1. The number of nitrogens with zero attached hydrogens (tertiary/aromatic N) is 1. The van der Waals surface area contributed by atoms with Crippen LogP contribution in [-0.4, -0.2) is 73.4 Å². The van der Waals surface area contributed by atoms with Gasteiger partial charge in [0.05, 0.1) is 39.9 Å². The molecule has 9 heteroatoms. The van der Waals surface area contributed by atoms with Crippen LogP contribution in [0.4, 0.5) is 0 Å². The van der Waals surface area contributed by atoms with Crippen molar-refractivity contribution in [1.82, 2.24) is 5.32 Å². The van der Waals surface area contributed by atoms with Gasteiger partial charge in [0.25, 0.3) is 0 Å². The maximum absolute atomic E-state index is 12.9. The second-order valence-electron chi connectivity index (χ2n) is 19.6. The van der Waals surface area contributed by atoms with Gasteiger partial charge in [-0.3, -0.25) is 13.8 Å². The molecule has 372 valence electrons. The van der Waals surface area contributed by atoms with Crippen LogP contribution in [0.1, 0.15) is 251 Å². The third kappa shape index (κ3) is 48.5. The second kappa shape index (κ2) is 45.9. The molecule has 0 saturated carbocycles. The number of unbranched alkanes of at least 4 members (excludes halogenated alkanes) is 32. The molecule has 3 N–H and O–H groups in total. The molecule has 0 saturated heterocycles. The highest BCUT2D eigenvalue weighted by Gasteiger charge is 2.27. The van der Waals surface area contributed by atoms with Crippen LogP contribution in [0.15, 0.2) is 36.5 Å². The predicted molar refractivity (Wildman–Crippen MR) is 272 cm³/mol. The van der Waals surface area contributed by atoms with Crippen LogP contribution in [0.5, 0.6) is 0 Å². The standard InChI is InChI=1S/C54H105N2O6P/c1-6-8-10-12-14-16-18-20-22-23-24-25-26-27-28-29-30-31-32-33-34-35-37-39-41-43-45-47-53(57)52(51-62-63(59,60)61-50-49-56(3,4)5)55-54(58)48-46-44-42-40-38-36-21-19-17-15-13-11-9-7-2/h13,15,19,21,45,47,52-53,57H,6-12,14,16-18,20,22-44,46,48-51H2,1-5H3,(H-,55,58,59,60)/p+1/b15-13-,21-19-,47-45+. The quantitative estimate of drug-likeness (QED) is 0.0243. The number of amides is 1. The predicted octanol–water partition coefficient (Wildman–Crippen LogP) is 15.8. The van der Waals surface area contributed by atoms with Gasteiger partial charge in [0.2, 0.25) is 5.91 Å². The first-order chi connectivity index (χ1) is 30.5. The minimum Gasteiger partial charge on any atom is -0.387 e. The van der Waals surface area contributed by atoms with Gasteiger partial charge in [-0.2, -0.15) is 0 Å². The number of hydrogen-bond acceptors (Lipinski definition) is 5. The Labute approximate surface area is 391 Å². The lowest BCUT2D eigenvalue weighted by atomic mass is 10.0. The van der Waals surface area contributed by atoms with Crippen molar-refractivity contribution in [2.75, 3.05) is 40.9 Å². The number of phosphoric acid groups is 1. The number of carbonyl (C=O) groups is 1. The summed E-state index contributed by atoms with van der Waals surface area (Å²) in [6.07, 6.45) is 58.1. The van der Waals surface area contributed by atoms with Crippen LogP contribution in [0, 0.1) is 0 Å². The van der Waals surface area contributed by atoms with E-state index in [0.717, 1.165) is 64.2 Å². The molecule has 0 fully saturated rings. The number of likely N-dealkylation sites (N-methyl/N-ethyl adjacent to an activating group) is 1. The van der Waals surface area contributed by atoms with Crippen molar-refractivity contribution < 1.29 is 32.9 Å². The Kier molecular flexibility index (Phi) is 44.9. The van der Waals surface area contributed by atoms with Crippen molar-refractivity contribution in [2.45, 2.75) is 264 Å². The maximum Gasteiger partial charge on any atom is 0.472 e.